The van der Waals surface area contributed by atoms with E-state index in [-0.39, 0.29) is 6.61 Å². The molecule has 20 heavy (non-hydrogen) atoms. The lowest BCUT2D eigenvalue weighted by Crippen LogP contribution is -1.99. The second-order valence-corrected chi connectivity index (χ2v) is 4.17. The summed E-state index contributed by atoms with van der Waals surface area (Å²) in [6, 6.07) is 4.94. The Kier molecular flexibility index (Phi) is 4.70. The van der Waals surface area contributed by atoms with Crippen LogP contribution in [0.15, 0.2) is 22.7 Å². The zero-order valence-corrected chi connectivity index (χ0v) is 11.5. The van der Waals surface area contributed by atoms with Gasteiger partial charge in [-0.05, 0) is 24.6 Å². The monoisotopic (exact) mass is 276 g/mol. The summed E-state index contributed by atoms with van der Waals surface area (Å²) < 4.78 is 15.8. The molecule has 1 heterocycles. The molecule has 0 unspecified atom stereocenters. The number of hydrogen-bond donors (Lipinski definition) is 0. The van der Waals surface area contributed by atoms with Crippen molar-refractivity contribution in [2.45, 2.75) is 26.4 Å². The summed E-state index contributed by atoms with van der Waals surface area (Å²) in [5.41, 5.74) is 0.525. The van der Waals surface area contributed by atoms with Gasteiger partial charge in [-0.1, -0.05) is 12.1 Å². The van der Waals surface area contributed by atoms with Gasteiger partial charge in [0.05, 0.1) is 7.11 Å². The van der Waals surface area contributed by atoms with Gasteiger partial charge in [0.25, 0.3) is 5.89 Å². The summed E-state index contributed by atoms with van der Waals surface area (Å²) in [7, 11) is 1.52. The zero-order chi connectivity index (χ0) is 14.4. The maximum Gasteiger partial charge on any atom is 0.264 e. The molecular formula is C14H16N2O4. The van der Waals surface area contributed by atoms with Crippen molar-refractivity contribution >= 4 is 6.29 Å². The fraction of sp³-hybridized carbons (Fsp3) is 0.357. The third kappa shape index (κ3) is 3.34. The first-order chi connectivity index (χ1) is 9.76. The number of rotatable bonds is 7. The quantitative estimate of drug-likeness (QED) is 0.723. The van der Waals surface area contributed by atoms with Crippen molar-refractivity contribution < 1.29 is 18.8 Å². The van der Waals surface area contributed by atoms with E-state index in [1.165, 1.54) is 7.11 Å². The number of nitrogens with zero attached hydrogens (tertiary/aromatic N) is 2. The number of aryl methyl sites for hydroxylation is 1. The van der Waals surface area contributed by atoms with Crippen molar-refractivity contribution in [3.8, 4) is 11.5 Å². The minimum absolute atomic E-state index is 0.160. The summed E-state index contributed by atoms with van der Waals surface area (Å²) >= 11 is 0. The van der Waals surface area contributed by atoms with Gasteiger partial charge < -0.3 is 14.0 Å². The van der Waals surface area contributed by atoms with Gasteiger partial charge in [-0.25, -0.2) is 0 Å². The molecule has 0 bridgehead atoms. The van der Waals surface area contributed by atoms with Crippen molar-refractivity contribution in [2.24, 2.45) is 0 Å². The fourth-order valence-corrected chi connectivity index (χ4v) is 1.69. The third-order valence-corrected chi connectivity index (χ3v) is 2.66. The van der Waals surface area contributed by atoms with E-state index in [0.717, 1.165) is 19.1 Å². The topological polar surface area (TPSA) is 74.5 Å². The van der Waals surface area contributed by atoms with E-state index in [0.29, 0.717) is 28.8 Å². The molecule has 1 aromatic carbocycles. The molecule has 6 nitrogen and oxygen atoms in total. The standard InChI is InChI=1S/C14H16N2O4/c1-3-4-13-15-14(20-16-13)9-19-11-6-5-10(8-17)7-12(11)18-2/h5-8H,3-4,9H2,1-2H3. The molecule has 0 amide bonds. The number of carbonyl (C=O) groups is 1. The predicted octanol–water partition coefficient (Wildman–Crippen LogP) is 2.42. The molecule has 2 aromatic rings. The van der Waals surface area contributed by atoms with Crippen LogP contribution in [0.4, 0.5) is 0 Å². The van der Waals surface area contributed by atoms with Crippen LogP contribution in [-0.2, 0) is 13.0 Å². The Morgan fingerprint density at radius 2 is 2.20 bits per heavy atom. The van der Waals surface area contributed by atoms with Crippen LogP contribution in [0.1, 0.15) is 35.4 Å². The molecule has 0 N–H and O–H groups in total. The minimum Gasteiger partial charge on any atom is -0.493 e. The zero-order valence-electron chi connectivity index (χ0n) is 11.5. The third-order valence-electron chi connectivity index (χ3n) is 2.66. The highest BCUT2D eigenvalue weighted by Gasteiger charge is 2.09. The Morgan fingerprint density at radius 3 is 2.90 bits per heavy atom. The molecular weight excluding hydrogens is 260 g/mol. The lowest BCUT2D eigenvalue weighted by atomic mass is 10.2. The van der Waals surface area contributed by atoms with Crippen LogP contribution in [0.3, 0.4) is 0 Å². The lowest BCUT2D eigenvalue weighted by Gasteiger charge is -2.09. The first-order valence-corrected chi connectivity index (χ1v) is 6.34. The molecule has 0 aliphatic heterocycles. The van der Waals surface area contributed by atoms with Crippen LogP contribution in [0.2, 0.25) is 0 Å². The van der Waals surface area contributed by atoms with Crippen molar-refractivity contribution in [2.75, 3.05) is 7.11 Å². The van der Waals surface area contributed by atoms with Gasteiger partial charge >= 0.3 is 0 Å². The average Bonchev–Trinajstić information content (AvgIpc) is 2.93. The van der Waals surface area contributed by atoms with E-state index < -0.39 is 0 Å². The Morgan fingerprint density at radius 1 is 1.35 bits per heavy atom. The first-order valence-electron chi connectivity index (χ1n) is 6.34. The lowest BCUT2D eigenvalue weighted by molar-refractivity contribution is 0.112. The summed E-state index contributed by atoms with van der Waals surface area (Å²) in [6.07, 6.45) is 2.49. The molecule has 106 valence electrons. The number of hydrogen-bond acceptors (Lipinski definition) is 6. The van der Waals surface area contributed by atoms with Gasteiger partial charge in [-0.3, -0.25) is 4.79 Å². The highest BCUT2D eigenvalue weighted by atomic mass is 16.5. The first kappa shape index (κ1) is 14.0. The summed E-state index contributed by atoms with van der Waals surface area (Å²) in [4.78, 5) is 14.9. The van der Waals surface area contributed by atoms with Crippen LogP contribution >= 0.6 is 0 Å². The number of ether oxygens (including phenoxy) is 2. The number of aldehydes is 1. The maximum atomic E-state index is 10.7. The smallest absolute Gasteiger partial charge is 0.264 e. The van der Waals surface area contributed by atoms with E-state index >= 15 is 0 Å². The Bertz CT molecular complexity index is 580. The van der Waals surface area contributed by atoms with Crippen molar-refractivity contribution in [1.29, 1.82) is 0 Å². The van der Waals surface area contributed by atoms with Crippen molar-refractivity contribution in [3.05, 3.63) is 35.5 Å². The van der Waals surface area contributed by atoms with Crippen LogP contribution in [0.5, 0.6) is 11.5 Å². The van der Waals surface area contributed by atoms with Gasteiger partial charge in [0.2, 0.25) is 0 Å². The molecule has 0 saturated carbocycles. The predicted molar refractivity (Wildman–Crippen MR) is 71.0 cm³/mol. The molecule has 0 aliphatic carbocycles. The minimum atomic E-state index is 0.160. The summed E-state index contributed by atoms with van der Waals surface area (Å²) in [6.45, 7) is 2.21. The molecule has 6 heteroatoms. The van der Waals surface area contributed by atoms with Gasteiger partial charge in [-0.15, -0.1) is 0 Å². The molecule has 1 aromatic heterocycles. The van der Waals surface area contributed by atoms with Crippen LogP contribution in [-0.4, -0.2) is 23.5 Å². The average molecular weight is 276 g/mol. The van der Waals surface area contributed by atoms with Crippen molar-refractivity contribution in [3.63, 3.8) is 0 Å². The van der Waals surface area contributed by atoms with Gasteiger partial charge in [0.15, 0.2) is 23.9 Å². The second-order valence-electron chi connectivity index (χ2n) is 4.17. The van der Waals surface area contributed by atoms with Crippen molar-refractivity contribution in [1.82, 2.24) is 10.1 Å². The Balaban J connectivity index is 2.04. The van der Waals surface area contributed by atoms with Gasteiger partial charge in [-0.2, -0.15) is 4.98 Å². The summed E-state index contributed by atoms with van der Waals surface area (Å²) in [5.74, 6) is 2.10. The fourth-order valence-electron chi connectivity index (χ4n) is 1.69. The number of aromatic nitrogens is 2. The number of carbonyl (C=O) groups excluding carboxylic acids is 1. The van der Waals surface area contributed by atoms with Crippen LogP contribution in [0.25, 0.3) is 0 Å². The molecule has 0 atom stereocenters. The molecule has 0 saturated heterocycles. The SMILES string of the molecule is CCCc1noc(COc2ccc(C=O)cc2OC)n1. The Labute approximate surface area is 116 Å². The maximum absolute atomic E-state index is 10.7. The molecule has 0 aliphatic rings. The van der Waals surface area contributed by atoms with E-state index in [1.54, 1.807) is 18.2 Å². The van der Waals surface area contributed by atoms with E-state index in [2.05, 4.69) is 10.1 Å². The highest BCUT2D eigenvalue weighted by molar-refractivity contribution is 5.76. The molecule has 2 rings (SSSR count). The van der Waals surface area contributed by atoms with E-state index in [9.17, 15) is 4.79 Å². The highest BCUT2D eigenvalue weighted by Crippen LogP contribution is 2.28. The van der Waals surface area contributed by atoms with Gasteiger partial charge in [0.1, 0.15) is 6.29 Å². The Hall–Kier alpha value is -2.37. The van der Waals surface area contributed by atoms with Crippen LogP contribution < -0.4 is 9.47 Å². The number of benzene rings is 1. The second kappa shape index (κ2) is 6.70. The number of methoxy groups -OCH3 is 1. The molecule has 0 radical (unpaired) electrons. The largest absolute Gasteiger partial charge is 0.493 e. The molecule has 0 fully saturated rings. The molecule has 0 spiro atoms. The van der Waals surface area contributed by atoms with E-state index in [4.69, 9.17) is 14.0 Å². The van der Waals surface area contributed by atoms with E-state index in [1.807, 2.05) is 6.92 Å². The van der Waals surface area contributed by atoms with Crippen LogP contribution in [0, 0.1) is 0 Å². The van der Waals surface area contributed by atoms with Gasteiger partial charge in [0, 0.05) is 12.0 Å². The summed E-state index contributed by atoms with van der Waals surface area (Å²) in [5, 5.41) is 3.84. The normalized spacial score (nSPS) is 10.3.